The predicted molar refractivity (Wildman–Crippen MR) is 74.3 cm³/mol. The lowest BCUT2D eigenvalue weighted by molar-refractivity contribution is 0.924. The summed E-state index contributed by atoms with van der Waals surface area (Å²) in [4.78, 5) is 4.75. The summed E-state index contributed by atoms with van der Waals surface area (Å²) < 4.78 is 0. The Labute approximate surface area is 103 Å². The number of anilines is 1. The van der Waals surface area contributed by atoms with Gasteiger partial charge in [0.05, 0.1) is 5.52 Å². The van der Waals surface area contributed by atoms with Crippen molar-refractivity contribution in [2.45, 2.75) is 40.0 Å². The Hall–Kier alpha value is -1.57. The molecule has 17 heavy (non-hydrogen) atoms. The van der Waals surface area contributed by atoms with Gasteiger partial charge in [-0.05, 0) is 30.9 Å². The molecule has 0 unspecified atom stereocenters. The van der Waals surface area contributed by atoms with Gasteiger partial charge in [-0.3, -0.25) is 4.98 Å². The van der Waals surface area contributed by atoms with Crippen molar-refractivity contribution in [1.29, 1.82) is 0 Å². The van der Waals surface area contributed by atoms with Crippen LogP contribution >= 0.6 is 0 Å². The van der Waals surface area contributed by atoms with Gasteiger partial charge in [-0.2, -0.15) is 0 Å². The molecule has 0 amide bonds. The minimum atomic E-state index is 0.910. The first kappa shape index (κ1) is 11.9. The van der Waals surface area contributed by atoms with Gasteiger partial charge in [0.1, 0.15) is 0 Å². The molecule has 2 nitrogen and oxygen atoms in total. The Morgan fingerprint density at radius 3 is 2.65 bits per heavy atom. The van der Waals surface area contributed by atoms with Crippen LogP contribution in [-0.4, -0.2) is 4.98 Å². The van der Waals surface area contributed by atoms with Crippen LogP contribution in [0.1, 0.15) is 37.1 Å². The van der Waals surface area contributed by atoms with E-state index in [1.165, 1.54) is 11.1 Å². The maximum atomic E-state index is 6.26. The molecule has 2 aromatic rings. The molecule has 0 spiro atoms. The summed E-state index contributed by atoms with van der Waals surface area (Å²) in [6, 6.07) is 6.32. The molecule has 0 atom stereocenters. The van der Waals surface area contributed by atoms with Crippen LogP contribution in [0.15, 0.2) is 18.2 Å². The minimum absolute atomic E-state index is 0.910. The van der Waals surface area contributed by atoms with E-state index in [1.54, 1.807) is 0 Å². The van der Waals surface area contributed by atoms with Gasteiger partial charge in [0.2, 0.25) is 0 Å². The maximum absolute atomic E-state index is 6.26. The van der Waals surface area contributed by atoms with Crippen molar-refractivity contribution >= 4 is 16.6 Å². The maximum Gasteiger partial charge on any atom is 0.0758 e. The van der Waals surface area contributed by atoms with Gasteiger partial charge in [0, 0.05) is 16.8 Å². The molecule has 2 N–H and O–H groups in total. The number of benzene rings is 1. The molecule has 0 fully saturated rings. The van der Waals surface area contributed by atoms with Crippen LogP contribution in [0.3, 0.4) is 0 Å². The van der Waals surface area contributed by atoms with Crippen LogP contribution in [-0.2, 0) is 12.8 Å². The van der Waals surface area contributed by atoms with Crippen LogP contribution < -0.4 is 5.73 Å². The molecule has 1 heterocycles. The highest BCUT2D eigenvalue weighted by molar-refractivity contribution is 5.94. The number of nitrogen functional groups attached to an aromatic ring is 1. The second-order valence-electron chi connectivity index (χ2n) is 4.51. The number of aromatic nitrogens is 1. The fourth-order valence-corrected chi connectivity index (χ4v) is 2.45. The third-order valence-electron chi connectivity index (χ3n) is 3.32. The molecule has 1 aromatic carbocycles. The summed E-state index contributed by atoms with van der Waals surface area (Å²) in [5, 5.41) is 1.11. The summed E-state index contributed by atoms with van der Waals surface area (Å²) in [5.74, 6) is 0. The van der Waals surface area contributed by atoms with E-state index in [2.05, 4.69) is 39.0 Å². The molecule has 0 saturated carbocycles. The quantitative estimate of drug-likeness (QED) is 0.871. The van der Waals surface area contributed by atoms with E-state index in [0.29, 0.717) is 0 Å². The standard InChI is InChI=1S/C15H20N2/c1-4-7-11-8-6-9-13-14(16)12(5-2)10(3)17-15(11)13/h6,8-9H,4-5,7H2,1-3H3,(H2,16,17). The summed E-state index contributed by atoms with van der Waals surface area (Å²) in [6.07, 6.45) is 3.14. The molecule has 0 bridgehead atoms. The highest BCUT2D eigenvalue weighted by Gasteiger charge is 2.10. The number of hydrogen-bond acceptors (Lipinski definition) is 2. The zero-order valence-electron chi connectivity index (χ0n) is 10.9. The van der Waals surface area contributed by atoms with Gasteiger partial charge in [0.25, 0.3) is 0 Å². The van der Waals surface area contributed by atoms with Gasteiger partial charge >= 0.3 is 0 Å². The highest BCUT2D eigenvalue weighted by atomic mass is 14.7. The Bertz CT molecular complexity index is 544. The van der Waals surface area contributed by atoms with Gasteiger partial charge in [-0.1, -0.05) is 38.5 Å². The van der Waals surface area contributed by atoms with E-state index in [9.17, 15) is 0 Å². The summed E-state index contributed by atoms with van der Waals surface area (Å²) >= 11 is 0. The van der Waals surface area contributed by atoms with E-state index in [1.807, 2.05) is 0 Å². The zero-order valence-corrected chi connectivity index (χ0v) is 10.9. The summed E-state index contributed by atoms with van der Waals surface area (Å²) in [6.45, 7) is 6.37. The molecule has 90 valence electrons. The largest absolute Gasteiger partial charge is 0.398 e. The number of fused-ring (bicyclic) bond motifs is 1. The lowest BCUT2D eigenvalue weighted by atomic mass is 10.00. The molecule has 0 aliphatic heterocycles. The van der Waals surface area contributed by atoms with E-state index in [4.69, 9.17) is 10.7 Å². The number of rotatable bonds is 3. The van der Waals surface area contributed by atoms with Crippen molar-refractivity contribution < 1.29 is 0 Å². The van der Waals surface area contributed by atoms with Crippen LogP contribution in [0.5, 0.6) is 0 Å². The molecule has 1 aromatic heterocycles. The Morgan fingerprint density at radius 2 is 2.00 bits per heavy atom. The number of nitrogens with zero attached hydrogens (tertiary/aromatic N) is 1. The lowest BCUT2D eigenvalue weighted by Gasteiger charge is -2.12. The first-order chi connectivity index (χ1) is 8.19. The monoisotopic (exact) mass is 228 g/mol. The average molecular weight is 228 g/mol. The zero-order chi connectivity index (χ0) is 12.4. The molecular weight excluding hydrogens is 208 g/mol. The van der Waals surface area contributed by atoms with Crippen molar-refractivity contribution in [3.8, 4) is 0 Å². The first-order valence-electron chi connectivity index (χ1n) is 6.35. The van der Waals surface area contributed by atoms with Crippen LogP contribution in [0.4, 0.5) is 5.69 Å². The Kier molecular flexibility index (Phi) is 3.32. The van der Waals surface area contributed by atoms with Gasteiger partial charge < -0.3 is 5.73 Å². The molecule has 2 rings (SSSR count). The second-order valence-corrected chi connectivity index (χ2v) is 4.51. The number of para-hydroxylation sites is 1. The Balaban J connectivity index is 2.76. The normalized spacial score (nSPS) is 11.0. The third kappa shape index (κ3) is 1.99. The third-order valence-corrected chi connectivity index (χ3v) is 3.32. The molecule has 0 aliphatic carbocycles. The number of pyridine rings is 1. The SMILES string of the molecule is CCCc1cccc2c(N)c(CC)c(C)nc12. The molecule has 2 heteroatoms. The van der Waals surface area contributed by atoms with Gasteiger partial charge in [-0.15, -0.1) is 0 Å². The van der Waals surface area contributed by atoms with Crippen LogP contribution in [0.2, 0.25) is 0 Å². The fraction of sp³-hybridized carbons (Fsp3) is 0.400. The number of hydrogen-bond donors (Lipinski definition) is 1. The molecule has 0 radical (unpaired) electrons. The number of nitrogens with two attached hydrogens (primary N) is 1. The van der Waals surface area contributed by atoms with Crippen LogP contribution in [0, 0.1) is 6.92 Å². The Morgan fingerprint density at radius 1 is 1.24 bits per heavy atom. The average Bonchev–Trinajstić information content (AvgIpc) is 2.31. The highest BCUT2D eigenvalue weighted by Crippen LogP contribution is 2.28. The smallest absolute Gasteiger partial charge is 0.0758 e. The molecular formula is C15H20N2. The van der Waals surface area contributed by atoms with E-state index in [-0.39, 0.29) is 0 Å². The number of aryl methyl sites for hydroxylation is 2. The van der Waals surface area contributed by atoms with Crippen molar-refractivity contribution in [3.05, 3.63) is 35.0 Å². The van der Waals surface area contributed by atoms with Gasteiger partial charge in [-0.25, -0.2) is 0 Å². The minimum Gasteiger partial charge on any atom is -0.398 e. The van der Waals surface area contributed by atoms with E-state index in [0.717, 1.165) is 41.5 Å². The van der Waals surface area contributed by atoms with E-state index >= 15 is 0 Å². The second kappa shape index (κ2) is 4.74. The van der Waals surface area contributed by atoms with E-state index < -0.39 is 0 Å². The topological polar surface area (TPSA) is 38.9 Å². The lowest BCUT2D eigenvalue weighted by Crippen LogP contribution is -2.02. The van der Waals surface area contributed by atoms with Crippen LogP contribution in [0.25, 0.3) is 10.9 Å². The van der Waals surface area contributed by atoms with Crippen molar-refractivity contribution in [2.24, 2.45) is 0 Å². The first-order valence-corrected chi connectivity index (χ1v) is 6.35. The van der Waals surface area contributed by atoms with Crippen molar-refractivity contribution in [3.63, 3.8) is 0 Å². The fourth-order valence-electron chi connectivity index (χ4n) is 2.45. The van der Waals surface area contributed by atoms with Gasteiger partial charge in [0.15, 0.2) is 0 Å². The molecule has 0 aliphatic rings. The van der Waals surface area contributed by atoms with Crippen molar-refractivity contribution in [2.75, 3.05) is 5.73 Å². The van der Waals surface area contributed by atoms with Crippen molar-refractivity contribution in [1.82, 2.24) is 4.98 Å². The summed E-state index contributed by atoms with van der Waals surface area (Å²) in [7, 11) is 0. The predicted octanol–water partition coefficient (Wildman–Crippen LogP) is 3.64. The molecule has 0 saturated heterocycles. The summed E-state index contributed by atoms with van der Waals surface area (Å²) in [5.41, 5.74) is 11.8.